The van der Waals surface area contributed by atoms with Crippen LogP contribution in [0.15, 0.2) is 34.5 Å². The van der Waals surface area contributed by atoms with Crippen LogP contribution in [-0.4, -0.2) is 36.3 Å². The van der Waals surface area contributed by atoms with Crippen LogP contribution in [-0.2, 0) is 0 Å². The number of furan rings is 1. The first kappa shape index (κ1) is 15.8. The minimum Gasteiger partial charge on any atom is -0.472 e. The maximum absolute atomic E-state index is 12.2. The van der Waals surface area contributed by atoms with Crippen LogP contribution in [0.3, 0.4) is 0 Å². The summed E-state index contributed by atoms with van der Waals surface area (Å²) in [6.07, 6.45) is 4.82. The lowest BCUT2D eigenvalue weighted by molar-refractivity contribution is 0.0683. The SMILES string of the molecule is Cc1csc(C(=O)NCC2CCN(C(=O)c3ccoc3)CC2)c1. The number of hydrogen-bond donors (Lipinski definition) is 1. The highest BCUT2D eigenvalue weighted by atomic mass is 32.1. The molecule has 2 aromatic heterocycles. The predicted octanol–water partition coefficient (Wildman–Crippen LogP) is 2.93. The molecule has 1 aliphatic heterocycles. The molecule has 2 amide bonds. The van der Waals surface area contributed by atoms with Crippen LogP contribution in [0, 0.1) is 12.8 Å². The Balaban J connectivity index is 1.44. The number of amides is 2. The topological polar surface area (TPSA) is 62.6 Å². The number of nitrogens with one attached hydrogen (secondary N) is 1. The maximum Gasteiger partial charge on any atom is 0.261 e. The first-order valence-electron chi connectivity index (χ1n) is 7.78. The van der Waals surface area contributed by atoms with E-state index in [2.05, 4.69) is 5.32 Å². The normalized spacial score (nSPS) is 15.6. The Labute approximate surface area is 139 Å². The fourth-order valence-electron chi connectivity index (χ4n) is 2.78. The second-order valence-corrected chi connectivity index (χ2v) is 6.86. The van der Waals surface area contributed by atoms with Gasteiger partial charge in [-0.15, -0.1) is 11.3 Å². The quantitative estimate of drug-likeness (QED) is 0.936. The van der Waals surface area contributed by atoms with E-state index in [-0.39, 0.29) is 11.8 Å². The summed E-state index contributed by atoms with van der Waals surface area (Å²) < 4.78 is 4.96. The molecular weight excluding hydrogens is 312 g/mol. The van der Waals surface area contributed by atoms with Gasteiger partial charge in [-0.1, -0.05) is 0 Å². The number of rotatable bonds is 4. The summed E-state index contributed by atoms with van der Waals surface area (Å²) in [6.45, 7) is 4.11. The lowest BCUT2D eigenvalue weighted by atomic mass is 9.96. The van der Waals surface area contributed by atoms with E-state index in [9.17, 15) is 9.59 Å². The van der Waals surface area contributed by atoms with Gasteiger partial charge < -0.3 is 14.6 Å². The lowest BCUT2D eigenvalue weighted by Crippen LogP contribution is -2.41. The van der Waals surface area contributed by atoms with Crippen molar-refractivity contribution in [3.63, 3.8) is 0 Å². The third kappa shape index (κ3) is 3.82. The van der Waals surface area contributed by atoms with E-state index in [0.29, 0.717) is 18.0 Å². The van der Waals surface area contributed by atoms with Gasteiger partial charge in [-0.05, 0) is 48.8 Å². The molecule has 0 unspecified atom stereocenters. The fourth-order valence-corrected chi connectivity index (χ4v) is 3.60. The van der Waals surface area contributed by atoms with E-state index in [1.165, 1.54) is 23.9 Å². The van der Waals surface area contributed by atoms with Crippen LogP contribution in [0.5, 0.6) is 0 Å². The van der Waals surface area contributed by atoms with Crippen LogP contribution in [0.25, 0.3) is 0 Å². The van der Waals surface area contributed by atoms with Gasteiger partial charge in [-0.2, -0.15) is 0 Å². The van der Waals surface area contributed by atoms with Gasteiger partial charge in [0.05, 0.1) is 16.7 Å². The van der Waals surface area contributed by atoms with Gasteiger partial charge in [0.1, 0.15) is 6.26 Å². The highest BCUT2D eigenvalue weighted by Gasteiger charge is 2.24. The molecule has 5 nitrogen and oxygen atoms in total. The Hall–Kier alpha value is -2.08. The molecule has 1 aliphatic rings. The average Bonchev–Trinajstić information content (AvgIpc) is 3.24. The second kappa shape index (κ2) is 7.00. The molecule has 1 N–H and O–H groups in total. The molecule has 0 aromatic carbocycles. The highest BCUT2D eigenvalue weighted by Crippen LogP contribution is 2.19. The largest absolute Gasteiger partial charge is 0.472 e. The third-order valence-electron chi connectivity index (χ3n) is 4.18. The number of hydrogen-bond acceptors (Lipinski definition) is 4. The van der Waals surface area contributed by atoms with Crippen molar-refractivity contribution >= 4 is 23.2 Å². The molecular formula is C17H20N2O3S. The first-order valence-corrected chi connectivity index (χ1v) is 8.66. The zero-order chi connectivity index (χ0) is 16.2. The van der Waals surface area contributed by atoms with Gasteiger partial charge in [-0.25, -0.2) is 0 Å². The first-order chi connectivity index (χ1) is 11.1. The Kier molecular flexibility index (Phi) is 4.81. The Morgan fingerprint density at radius 2 is 2.17 bits per heavy atom. The summed E-state index contributed by atoms with van der Waals surface area (Å²) in [7, 11) is 0. The number of piperidine rings is 1. The minimum absolute atomic E-state index is 0.00000288. The predicted molar refractivity (Wildman–Crippen MR) is 88.7 cm³/mol. The number of carbonyl (C=O) groups is 2. The molecule has 3 heterocycles. The van der Waals surface area contributed by atoms with Crippen LogP contribution < -0.4 is 5.32 Å². The van der Waals surface area contributed by atoms with E-state index in [0.717, 1.165) is 36.4 Å². The molecule has 2 aromatic rings. The van der Waals surface area contributed by atoms with Crippen molar-refractivity contribution in [3.05, 3.63) is 46.0 Å². The van der Waals surface area contributed by atoms with Gasteiger partial charge in [0.15, 0.2) is 0 Å². The number of nitrogens with zero attached hydrogens (tertiary/aromatic N) is 1. The molecule has 23 heavy (non-hydrogen) atoms. The summed E-state index contributed by atoms with van der Waals surface area (Å²) in [4.78, 5) is 26.9. The Bertz CT molecular complexity index is 670. The monoisotopic (exact) mass is 332 g/mol. The minimum atomic E-state index is 0.00000288. The van der Waals surface area contributed by atoms with Crippen LogP contribution in [0.1, 0.15) is 38.4 Å². The summed E-state index contributed by atoms with van der Waals surface area (Å²) in [5.74, 6) is 0.448. The summed E-state index contributed by atoms with van der Waals surface area (Å²) in [5.41, 5.74) is 1.72. The standard InChI is InChI=1S/C17H20N2O3S/c1-12-8-15(23-11-12)16(20)18-9-13-2-5-19(6-3-13)17(21)14-4-7-22-10-14/h4,7-8,10-11,13H,2-3,5-6,9H2,1H3,(H,18,20). The zero-order valence-corrected chi connectivity index (χ0v) is 13.9. The lowest BCUT2D eigenvalue weighted by Gasteiger charge is -2.31. The third-order valence-corrected chi connectivity index (χ3v) is 5.22. The molecule has 0 aliphatic carbocycles. The number of thiophene rings is 1. The van der Waals surface area contributed by atoms with E-state index in [1.54, 1.807) is 6.07 Å². The van der Waals surface area contributed by atoms with Crippen LogP contribution in [0.2, 0.25) is 0 Å². The van der Waals surface area contributed by atoms with Crippen molar-refractivity contribution in [2.75, 3.05) is 19.6 Å². The molecule has 1 saturated heterocycles. The molecule has 0 atom stereocenters. The molecule has 0 saturated carbocycles. The van der Waals surface area contributed by atoms with Crippen molar-refractivity contribution in [1.82, 2.24) is 10.2 Å². The molecule has 0 radical (unpaired) electrons. The summed E-state index contributed by atoms with van der Waals surface area (Å²) in [5, 5.41) is 4.99. The van der Waals surface area contributed by atoms with E-state index in [4.69, 9.17) is 4.42 Å². The summed E-state index contributed by atoms with van der Waals surface area (Å²) >= 11 is 1.47. The van der Waals surface area contributed by atoms with Crippen LogP contribution >= 0.6 is 11.3 Å². The smallest absolute Gasteiger partial charge is 0.261 e. The fraction of sp³-hybridized carbons (Fsp3) is 0.412. The van der Waals surface area contributed by atoms with Gasteiger partial charge in [0.25, 0.3) is 11.8 Å². The Morgan fingerprint density at radius 3 is 2.78 bits per heavy atom. The van der Waals surface area contributed by atoms with E-state index >= 15 is 0 Å². The second-order valence-electron chi connectivity index (χ2n) is 5.95. The molecule has 0 bridgehead atoms. The number of carbonyl (C=O) groups excluding carboxylic acids is 2. The van der Waals surface area contributed by atoms with Crippen LogP contribution in [0.4, 0.5) is 0 Å². The van der Waals surface area contributed by atoms with Crippen molar-refractivity contribution in [2.24, 2.45) is 5.92 Å². The Morgan fingerprint density at radius 1 is 1.39 bits per heavy atom. The van der Waals surface area contributed by atoms with Crippen molar-refractivity contribution in [3.8, 4) is 0 Å². The molecule has 0 spiro atoms. The van der Waals surface area contributed by atoms with Gasteiger partial charge in [-0.3, -0.25) is 9.59 Å². The van der Waals surface area contributed by atoms with E-state index < -0.39 is 0 Å². The van der Waals surface area contributed by atoms with E-state index in [1.807, 2.05) is 23.3 Å². The van der Waals surface area contributed by atoms with Gasteiger partial charge in [0, 0.05) is 19.6 Å². The van der Waals surface area contributed by atoms with Gasteiger partial charge >= 0.3 is 0 Å². The highest BCUT2D eigenvalue weighted by molar-refractivity contribution is 7.12. The zero-order valence-electron chi connectivity index (χ0n) is 13.1. The maximum atomic E-state index is 12.2. The van der Waals surface area contributed by atoms with Crippen molar-refractivity contribution in [1.29, 1.82) is 0 Å². The molecule has 3 rings (SSSR count). The molecule has 6 heteroatoms. The van der Waals surface area contributed by atoms with Gasteiger partial charge in [0.2, 0.25) is 0 Å². The average molecular weight is 332 g/mol. The molecule has 122 valence electrons. The molecule has 1 fully saturated rings. The summed E-state index contributed by atoms with van der Waals surface area (Å²) in [6, 6.07) is 3.60. The van der Waals surface area contributed by atoms with Crippen molar-refractivity contribution < 1.29 is 14.0 Å². The van der Waals surface area contributed by atoms with Crippen molar-refractivity contribution in [2.45, 2.75) is 19.8 Å². The number of likely N-dealkylation sites (tertiary alicyclic amines) is 1. The number of aryl methyl sites for hydroxylation is 1.